The Morgan fingerprint density at radius 1 is 1.14 bits per heavy atom. The number of benzene rings is 1. The zero-order valence-electron chi connectivity index (χ0n) is 8.39. The Hall–Kier alpha value is -0.410. The van der Waals surface area contributed by atoms with Crippen LogP contribution in [0.2, 0.25) is 0 Å². The van der Waals surface area contributed by atoms with Crippen LogP contribution in [-0.2, 0) is 20.9 Å². The lowest BCUT2D eigenvalue weighted by Gasteiger charge is -2.19. The summed E-state index contributed by atoms with van der Waals surface area (Å²) in [6.45, 7) is -0.652. The van der Waals surface area contributed by atoms with E-state index in [1.165, 1.54) is 14.2 Å². The fourth-order valence-corrected chi connectivity index (χ4v) is 1.91. The first-order chi connectivity index (χ1) is 6.61. The molecule has 0 radical (unpaired) electrons. The molecule has 5 heteroatoms. The number of para-hydroxylation sites is 1. The van der Waals surface area contributed by atoms with Crippen LogP contribution >= 0.6 is 6.72 Å². The highest BCUT2D eigenvalue weighted by Gasteiger charge is 2.18. The topological polar surface area (TPSA) is 27.7 Å². The Balaban J connectivity index is 2.88. The van der Waals surface area contributed by atoms with E-state index < -0.39 is 6.72 Å². The van der Waals surface area contributed by atoms with Gasteiger partial charge in [-0.1, -0.05) is 18.2 Å². The van der Waals surface area contributed by atoms with Crippen LogP contribution in [0.5, 0.6) is 5.75 Å². The standard InChI is InChI=1S/C9H13O3PS/c1-8-6-4-5-7-9(8)12-13(14,10-2)11-3/h4-7H,1-3H3. The first-order valence-corrected chi connectivity index (χ1v) is 6.63. The van der Waals surface area contributed by atoms with Crippen LogP contribution in [0.4, 0.5) is 0 Å². The molecular formula is C9H13O3PS. The fraction of sp³-hybridized carbons (Fsp3) is 0.333. The smallest absolute Gasteiger partial charge is 0.380 e. The molecule has 0 unspecified atom stereocenters. The van der Waals surface area contributed by atoms with E-state index in [1.807, 2.05) is 31.2 Å². The summed E-state index contributed by atoms with van der Waals surface area (Å²) >= 11 is 5.09. The van der Waals surface area contributed by atoms with Gasteiger partial charge >= 0.3 is 6.72 Å². The van der Waals surface area contributed by atoms with Crippen molar-refractivity contribution in [3.63, 3.8) is 0 Å². The highest BCUT2D eigenvalue weighted by atomic mass is 32.5. The molecule has 1 aromatic rings. The van der Waals surface area contributed by atoms with Crippen LogP contribution in [0, 0.1) is 6.92 Å². The van der Waals surface area contributed by atoms with Gasteiger partial charge in [0.25, 0.3) is 0 Å². The van der Waals surface area contributed by atoms with Crippen molar-refractivity contribution < 1.29 is 13.6 Å². The van der Waals surface area contributed by atoms with Crippen molar-refractivity contribution in [3.05, 3.63) is 29.8 Å². The molecular weight excluding hydrogens is 219 g/mol. The highest BCUT2D eigenvalue weighted by Crippen LogP contribution is 2.48. The molecule has 78 valence electrons. The summed E-state index contributed by atoms with van der Waals surface area (Å²) in [5.41, 5.74) is 1.01. The lowest BCUT2D eigenvalue weighted by Crippen LogP contribution is -1.97. The van der Waals surface area contributed by atoms with Crippen molar-refractivity contribution in [3.8, 4) is 5.75 Å². The Morgan fingerprint density at radius 2 is 1.71 bits per heavy atom. The van der Waals surface area contributed by atoms with Crippen molar-refractivity contribution >= 4 is 18.5 Å². The summed E-state index contributed by atoms with van der Waals surface area (Å²) < 4.78 is 15.6. The van der Waals surface area contributed by atoms with Crippen molar-refractivity contribution in [2.45, 2.75) is 6.92 Å². The van der Waals surface area contributed by atoms with E-state index in [0.717, 1.165) is 5.56 Å². The summed E-state index contributed by atoms with van der Waals surface area (Å²) in [6.07, 6.45) is 0. The lowest BCUT2D eigenvalue weighted by molar-refractivity contribution is 0.272. The molecule has 0 heterocycles. The predicted octanol–water partition coefficient (Wildman–Crippen LogP) is 2.89. The van der Waals surface area contributed by atoms with Gasteiger partial charge in [0.2, 0.25) is 0 Å². The van der Waals surface area contributed by atoms with Gasteiger partial charge in [0, 0.05) is 26.0 Å². The minimum Gasteiger partial charge on any atom is -0.424 e. The van der Waals surface area contributed by atoms with Gasteiger partial charge < -0.3 is 13.6 Å². The van der Waals surface area contributed by atoms with Crippen LogP contribution in [-0.4, -0.2) is 14.2 Å². The lowest BCUT2D eigenvalue weighted by atomic mass is 10.2. The number of aryl methyl sites for hydroxylation is 1. The van der Waals surface area contributed by atoms with Gasteiger partial charge in [-0.15, -0.1) is 0 Å². The molecule has 14 heavy (non-hydrogen) atoms. The minimum atomic E-state index is -2.60. The first-order valence-electron chi connectivity index (χ1n) is 4.08. The van der Waals surface area contributed by atoms with Crippen LogP contribution < -0.4 is 4.52 Å². The number of hydrogen-bond acceptors (Lipinski definition) is 4. The average Bonchev–Trinajstić information content (AvgIpc) is 2.21. The van der Waals surface area contributed by atoms with Crippen LogP contribution in [0.3, 0.4) is 0 Å². The third kappa shape index (κ3) is 2.79. The molecule has 1 rings (SSSR count). The third-order valence-corrected chi connectivity index (χ3v) is 4.18. The maximum atomic E-state index is 5.51. The third-order valence-electron chi connectivity index (χ3n) is 1.75. The molecule has 0 aliphatic heterocycles. The molecule has 0 amide bonds. The molecule has 0 saturated heterocycles. The fourth-order valence-electron chi connectivity index (χ4n) is 0.928. The van der Waals surface area contributed by atoms with Crippen molar-refractivity contribution in [1.82, 2.24) is 0 Å². The molecule has 0 atom stereocenters. The molecule has 0 aliphatic rings. The van der Waals surface area contributed by atoms with E-state index in [9.17, 15) is 0 Å². The van der Waals surface area contributed by atoms with Gasteiger partial charge in [-0.25, -0.2) is 0 Å². The second-order valence-electron chi connectivity index (χ2n) is 2.67. The predicted molar refractivity (Wildman–Crippen MR) is 60.1 cm³/mol. The first kappa shape index (κ1) is 11.7. The average molecular weight is 232 g/mol. The minimum absolute atomic E-state index is 0.708. The molecule has 0 aromatic heterocycles. The quantitative estimate of drug-likeness (QED) is 0.746. The van der Waals surface area contributed by atoms with Gasteiger partial charge in [-0.05, 0) is 18.6 Å². The second kappa shape index (κ2) is 4.89. The molecule has 0 spiro atoms. The van der Waals surface area contributed by atoms with E-state index in [0.29, 0.717) is 5.75 Å². The van der Waals surface area contributed by atoms with Crippen molar-refractivity contribution in [2.24, 2.45) is 0 Å². The Morgan fingerprint density at radius 3 is 2.21 bits per heavy atom. The van der Waals surface area contributed by atoms with Gasteiger partial charge in [-0.3, -0.25) is 0 Å². The molecule has 0 aliphatic carbocycles. The van der Waals surface area contributed by atoms with Crippen LogP contribution in [0.25, 0.3) is 0 Å². The zero-order valence-corrected chi connectivity index (χ0v) is 10.1. The van der Waals surface area contributed by atoms with Crippen molar-refractivity contribution in [1.29, 1.82) is 0 Å². The summed E-state index contributed by atoms with van der Waals surface area (Å²) in [6, 6.07) is 7.60. The summed E-state index contributed by atoms with van der Waals surface area (Å²) in [5.74, 6) is 0.708. The van der Waals surface area contributed by atoms with E-state index in [4.69, 9.17) is 25.4 Å². The summed E-state index contributed by atoms with van der Waals surface area (Å²) in [5, 5.41) is 0. The highest BCUT2D eigenvalue weighted by molar-refractivity contribution is 8.07. The second-order valence-corrected chi connectivity index (χ2v) is 5.82. The zero-order chi connectivity index (χ0) is 10.6. The molecule has 0 N–H and O–H groups in total. The monoisotopic (exact) mass is 232 g/mol. The van der Waals surface area contributed by atoms with Crippen LogP contribution in [0.1, 0.15) is 5.56 Å². The van der Waals surface area contributed by atoms with Crippen LogP contribution in [0.15, 0.2) is 24.3 Å². The maximum absolute atomic E-state index is 5.51. The Kier molecular flexibility index (Phi) is 4.08. The summed E-state index contributed by atoms with van der Waals surface area (Å²) in [4.78, 5) is 0. The Bertz CT molecular complexity index is 346. The molecule has 0 saturated carbocycles. The Labute approximate surface area is 89.2 Å². The van der Waals surface area contributed by atoms with E-state index in [1.54, 1.807) is 0 Å². The van der Waals surface area contributed by atoms with Gasteiger partial charge in [0.15, 0.2) is 0 Å². The molecule has 1 aromatic carbocycles. The molecule has 0 bridgehead atoms. The number of hydrogen-bond donors (Lipinski definition) is 0. The van der Waals surface area contributed by atoms with E-state index in [-0.39, 0.29) is 0 Å². The maximum Gasteiger partial charge on any atom is 0.380 e. The van der Waals surface area contributed by atoms with Gasteiger partial charge in [0.1, 0.15) is 5.75 Å². The molecule has 0 fully saturated rings. The summed E-state index contributed by atoms with van der Waals surface area (Å²) in [7, 11) is 2.98. The van der Waals surface area contributed by atoms with E-state index in [2.05, 4.69) is 0 Å². The number of rotatable bonds is 4. The largest absolute Gasteiger partial charge is 0.424 e. The SMILES string of the molecule is COP(=S)(OC)Oc1ccccc1C. The normalized spacial score (nSPS) is 11.4. The van der Waals surface area contributed by atoms with E-state index >= 15 is 0 Å². The van der Waals surface area contributed by atoms with Gasteiger partial charge in [0.05, 0.1) is 0 Å². The van der Waals surface area contributed by atoms with Gasteiger partial charge in [-0.2, -0.15) is 0 Å². The molecule has 3 nitrogen and oxygen atoms in total. The van der Waals surface area contributed by atoms with Crippen molar-refractivity contribution in [2.75, 3.05) is 14.2 Å².